The van der Waals surface area contributed by atoms with Crippen LogP contribution in [0.3, 0.4) is 0 Å². The van der Waals surface area contributed by atoms with Crippen molar-refractivity contribution in [1.82, 2.24) is 0 Å². The molecule has 0 bridgehead atoms. The SMILES string of the molecule is CCC/C=C\CCCCCCCC(=O)OC(COCCCCCCCCCCCC/C=C\CCCCCCCC)COC1OC(COC2OC(CO)C(O)C(O)C2O)C(O)C(O)C1O. The van der Waals surface area contributed by atoms with E-state index in [-0.39, 0.29) is 25.6 Å². The van der Waals surface area contributed by atoms with Crippen molar-refractivity contribution in [2.45, 2.75) is 255 Å². The third-order valence-electron chi connectivity index (χ3n) is 12.2. The molecule has 0 radical (unpaired) electrons. The molecular formula is C50H92O14. The van der Waals surface area contributed by atoms with Gasteiger partial charge in [0.1, 0.15) is 54.9 Å². The van der Waals surface area contributed by atoms with Gasteiger partial charge >= 0.3 is 5.97 Å². The Morgan fingerprint density at radius 2 is 0.953 bits per heavy atom. The number of unbranched alkanes of at least 4 members (excludes halogenated alkanes) is 22. The zero-order valence-corrected chi connectivity index (χ0v) is 39.8. The monoisotopic (exact) mass is 917 g/mol. The van der Waals surface area contributed by atoms with Gasteiger partial charge in [0.25, 0.3) is 0 Å². The van der Waals surface area contributed by atoms with Crippen molar-refractivity contribution in [2.24, 2.45) is 0 Å². The molecule has 7 N–H and O–H groups in total. The lowest BCUT2D eigenvalue weighted by Crippen LogP contribution is -2.61. The van der Waals surface area contributed by atoms with E-state index >= 15 is 0 Å². The number of rotatable bonds is 40. The van der Waals surface area contributed by atoms with E-state index < -0.39 is 80.7 Å². The molecule has 0 spiro atoms. The van der Waals surface area contributed by atoms with Crippen LogP contribution >= 0.6 is 0 Å². The Kier molecular flexibility index (Phi) is 35.2. The van der Waals surface area contributed by atoms with E-state index in [1.54, 1.807) is 0 Å². The summed E-state index contributed by atoms with van der Waals surface area (Å²) in [7, 11) is 0. The fraction of sp³-hybridized carbons (Fsp3) is 0.900. The molecule has 2 fully saturated rings. The molecule has 0 aromatic heterocycles. The van der Waals surface area contributed by atoms with Crippen molar-refractivity contribution in [3.05, 3.63) is 24.3 Å². The van der Waals surface area contributed by atoms with Crippen molar-refractivity contribution in [3.8, 4) is 0 Å². The van der Waals surface area contributed by atoms with Crippen LogP contribution in [0.4, 0.5) is 0 Å². The highest BCUT2D eigenvalue weighted by molar-refractivity contribution is 5.69. The second kappa shape index (κ2) is 38.4. The van der Waals surface area contributed by atoms with Crippen LogP contribution in [-0.4, -0.2) is 142 Å². The topological polar surface area (TPSA) is 214 Å². The number of carbonyl (C=O) groups is 1. The fourth-order valence-electron chi connectivity index (χ4n) is 7.99. The standard InChI is InChI=1S/C50H92O14/c1-3-5-7-9-11-13-15-16-17-18-19-20-21-22-23-24-26-28-30-32-34-59-36-39(62-42(52)33-31-29-27-25-14-12-10-8-6-4-2)37-60-49-48(58)46(56)44(54)41(64-49)38-61-50-47(57)45(55)43(53)40(35-51)63-50/h8,10,16-17,39-41,43-51,53-58H,3-7,9,11-15,18-38H2,1-2H3/b10-8-,17-16-. The molecule has 0 aliphatic carbocycles. The van der Waals surface area contributed by atoms with Gasteiger partial charge in [-0.3, -0.25) is 4.79 Å². The smallest absolute Gasteiger partial charge is 0.306 e. The summed E-state index contributed by atoms with van der Waals surface area (Å²) >= 11 is 0. The van der Waals surface area contributed by atoms with E-state index in [1.165, 1.54) is 96.3 Å². The molecule has 0 amide bonds. The lowest BCUT2D eigenvalue weighted by molar-refractivity contribution is -0.332. The van der Waals surface area contributed by atoms with E-state index in [1.807, 2.05) is 0 Å². The molecule has 14 heteroatoms. The fourth-order valence-corrected chi connectivity index (χ4v) is 7.99. The van der Waals surface area contributed by atoms with Crippen molar-refractivity contribution in [2.75, 3.05) is 33.0 Å². The van der Waals surface area contributed by atoms with Gasteiger partial charge in [-0.25, -0.2) is 0 Å². The second-order valence-corrected chi connectivity index (χ2v) is 18.0. The van der Waals surface area contributed by atoms with Crippen LogP contribution in [0.25, 0.3) is 0 Å². The van der Waals surface area contributed by atoms with Gasteiger partial charge in [0.2, 0.25) is 0 Å². The van der Waals surface area contributed by atoms with Gasteiger partial charge in [-0.15, -0.1) is 0 Å². The number of ether oxygens (including phenoxy) is 6. The molecule has 64 heavy (non-hydrogen) atoms. The first-order valence-electron chi connectivity index (χ1n) is 25.4. The molecule has 0 saturated carbocycles. The maximum atomic E-state index is 12.9. The van der Waals surface area contributed by atoms with Crippen LogP contribution in [0, 0.1) is 0 Å². The van der Waals surface area contributed by atoms with Crippen molar-refractivity contribution >= 4 is 5.97 Å². The highest BCUT2D eigenvalue weighted by atomic mass is 16.7. The Hall–Kier alpha value is -1.53. The number of hydrogen-bond donors (Lipinski definition) is 7. The molecular weight excluding hydrogens is 825 g/mol. The third-order valence-corrected chi connectivity index (χ3v) is 12.2. The summed E-state index contributed by atoms with van der Waals surface area (Å²) in [6.45, 7) is 3.61. The highest BCUT2D eigenvalue weighted by Crippen LogP contribution is 2.26. The summed E-state index contributed by atoms with van der Waals surface area (Å²) in [4.78, 5) is 12.9. The number of esters is 1. The summed E-state index contributed by atoms with van der Waals surface area (Å²) in [5, 5.41) is 72.0. The first-order valence-corrected chi connectivity index (χ1v) is 25.4. The number of carbonyl (C=O) groups excluding carboxylic acids is 1. The highest BCUT2D eigenvalue weighted by Gasteiger charge is 2.47. The molecule has 2 aliphatic heterocycles. The summed E-state index contributed by atoms with van der Waals surface area (Å²) in [6.07, 6.45) is 24.0. The summed E-state index contributed by atoms with van der Waals surface area (Å²) in [6, 6.07) is 0. The largest absolute Gasteiger partial charge is 0.457 e. The molecule has 376 valence electrons. The molecule has 11 atom stereocenters. The number of hydrogen-bond acceptors (Lipinski definition) is 14. The Bertz CT molecular complexity index is 1160. The third kappa shape index (κ3) is 26.1. The Balaban J connectivity index is 1.73. The van der Waals surface area contributed by atoms with Crippen molar-refractivity contribution in [1.29, 1.82) is 0 Å². The molecule has 0 aromatic carbocycles. The zero-order chi connectivity index (χ0) is 46.6. The van der Waals surface area contributed by atoms with Gasteiger partial charge in [-0.2, -0.15) is 0 Å². The number of allylic oxidation sites excluding steroid dienone is 4. The lowest BCUT2D eigenvalue weighted by Gasteiger charge is -2.42. The predicted octanol–water partition coefficient (Wildman–Crippen LogP) is 7.24. The normalized spacial score (nSPS) is 26.9. The second-order valence-electron chi connectivity index (χ2n) is 18.0. The Labute approximate surface area is 386 Å². The van der Waals surface area contributed by atoms with Gasteiger partial charge in [0.15, 0.2) is 12.6 Å². The summed E-state index contributed by atoms with van der Waals surface area (Å²) in [5.41, 5.74) is 0. The quantitative estimate of drug-likeness (QED) is 0.0184. The molecule has 2 heterocycles. The number of aliphatic hydroxyl groups is 7. The maximum absolute atomic E-state index is 12.9. The minimum absolute atomic E-state index is 0.0594. The number of aliphatic hydroxyl groups excluding tert-OH is 7. The first kappa shape index (κ1) is 58.6. The van der Waals surface area contributed by atoms with E-state index in [0.29, 0.717) is 13.0 Å². The van der Waals surface area contributed by atoms with Crippen LogP contribution in [0.1, 0.15) is 187 Å². The van der Waals surface area contributed by atoms with E-state index in [0.717, 1.165) is 64.2 Å². The van der Waals surface area contributed by atoms with Crippen LogP contribution in [0.15, 0.2) is 24.3 Å². The van der Waals surface area contributed by atoms with Crippen molar-refractivity contribution < 1.29 is 69.0 Å². The van der Waals surface area contributed by atoms with Gasteiger partial charge in [0, 0.05) is 13.0 Å². The van der Waals surface area contributed by atoms with Crippen LogP contribution in [0.5, 0.6) is 0 Å². The average molecular weight is 917 g/mol. The first-order chi connectivity index (χ1) is 31.1. The molecule has 2 aliphatic rings. The molecule has 0 aromatic rings. The van der Waals surface area contributed by atoms with Gasteiger partial charge in [-0.1, -0.05) is 147 Å². The predicted molar refractivity (Wildman–Crippen MR) is 247 cm³/mol. The van der Waals surface area contributed by atoms with Gasteiger partial charge < -0.3 is 64.2 Å². The van der Waals surface area contributed by atoms with Gasteiger partial charge in [-0.05, 0) is 57.8 Å². The molecule has 11 unspecified atom stereocenters. The van der Waals surface area contributed by atoms with Gasteiger partial charge in [0.05, 0.1) is 26.4 Å². The summed E-state index contributed by atoms with van der Waals surface area (Å²) < 4.78 is 34.2. The molecule has 2 saturated heterocycles. The van der Waals surface area contributed by atoms with E-state index in [9.17, 15) is 40.5 Å². The van der Waals surface area contributed by atoms with Crippen molar-refractivity contribution in [3.63, 3.8) is 0 Å². The van der Waals surface area contributed by atoms with E-state index in [2.05, 4.69) is 38.2 Å². The van der Waals surface area contributed by atoms with Crippen LogP contribution in [-0.2, 0) is 33.2 Å². The minimum Gasteiger partial charge on any atom is -0.457 e. The molecule has 2 rings (SSSR count). The minimum atomic E-state index is -1.70. The lowest BCUT2D eigenvalue weighted by atomic mass is 9.98. The Morgan fingerprint density at radius 1 is 0.500 bits per heavy atom. The molecule has 14 nitrogen and oxygen atoms in total. The maximum Gasteiger partial charge on any atom is 0.306 e. The van der Waals surface area contributed by atoms with Crippen LogP contribution < -0.4 is 0 Å². The van der Waals surface area contributed by atoms with Crippen LogP contribution in [0.2, 0.25) is 0 Å². The Morgan fingerprint density at radius 3 is 1.48 bits per heavy atom. The summed E-state index contributed by atoms with van der Waals surface area (Å²) in [5.74, 6) is -0.387. The average Bonchev–Trinajstić information content (AvgIpc) is 3.29. The zero-order valence-electron chi connectivity index (χ0n) is 39.8. The van der Waals surface area contributed by atoms with E-state index in [4.69, 9.17) is 28.4 Å².